The lowest BCUT2D eigenvalue weighted by Crippen LogP contribution is -2.27. The molecule has 116 valence electrons. The molecule has 1 aliphatic heterocycles. The molecule has 0 aliphatic carbocycles. The van der Waals surface area contributed by atoms with Gasteiger partial charge in [-0.3, -0.25) is 4.79 Å². The third kappa shape index (κ3) is 3.70. The molecule has 0 radical (unpaired) electrons. The maximum absolute atomic E-state index is 12.0. The van der Waals surface area contributed by atoms with Crippen LogP contribution < -0.4 is 10.1 Å². The Morgan fingerprint density at radius 2 is 2.18 bits per heavy atom. The van der Waals surface area contributed by atoms with Crippen LogP contribution in [0.5, 0.6) is 5.75 Å². The molecule has 0 fully saturated rings. The van der Waals surface area contributed by atoms with Crippen LogP contribution in [0.2, 0.25) is 0 Å². The summed E-state index contributed by atoms with van der Waals surface area (Å²) in [6, 6.07) is 9.92. The molecule has 0 unspecified atom stereocenters. The number of ether oxygens (including phenoxy) is 1. The summed E-state index contributed by atoms with van der Waals surface area (Å²) in [5.74, 6) is 2.81. The molecule has 0 spiro atoms. The van der Waals surface area contributed by atoms with Crippen molar-refractivity contribution in [1.29, 1.82) is 0 Å². The molecular formula is C18H21NO3. The first-order valence-corrected chi connectivity index (χ1v) is 7.77. The fourth-order valence-electron chi connectivity index (χ4n) is 2.72. The van der Waals surface area contributed by atoms with E-state index in [1.54, 1.807) is 0 Å². The highest BCUT2D eigenvalue weighted by atomic mass is 16.5. The lowest BCUT2D eigenvalue weighted by molar-refractivity contribution is -0.120. The van der Waals surface area contributed by atoms with Crippen molar-refractivity contribution in [1.82, 2.24) is 5.32 Å². The Morgan fingerprint density at radius 3 is 3.00 bits per heavy atom. The zero-order valence-electron chi connectivity index (χ0n) is 12.9. The fraction of sp³-hybridized carbons (Fsp3) is 0.389. The molecule has 22 heavy (non-hydrogen) atoms. The minimum absolute atomic E-state index is 0.0416. The van der Waals surface area contributed by atoms with Gasteiger partial charge in [-0.25, -0.2) is 0 Å². The SMILES string of the molecule is Cc1ccc(CCNC(=O)Cc2ccc3c(c2)CCCO3)o1. The van der Waals surface area contributed by atoms with E-state index in [4.69, 9.17) is 9.15 Å². The summed E-state index contributed by atoms with van der Waals surface area (Å²) in [5, 5.41) is 2.94. The van der Waals surface area contributed by atoms with Gasteiger partial charge in [-0.2, -0.15) is 0 Å². The summed E-state index contributed by atoms with van der Waals surface area (Å²) in [6.07, 6.45) is 3.20. The first-order chi connectivity index (χ1) is 10.7. The normalized spacial score (nSPS) is 13.3. The maximum atomic E-state index is 12.0. The van der Waals surface area contributed by atoms with Crippen LogP contribution in [0.25, 0.3) is 0 Å². The maximum Gasteiger partial charge on any atom is 0.224 e. The molecule has 1 aromatic heterocycles. The fourth-order valence-corrected chi connectivity index (χ4v) is 2.72. The quantitative estimate of drug-likeness (QED) is 0.923. The van der Waals surface area contributed by atoms with E-state index >= 15 is 0 Å². The number of aryl methyl sites for hydroxylation is 2. The van der Waals surface area contributed by atoms with Crippen molar-refractivity contribution in [3.05, 3.63) is 53.0 Å². The first-order valence-electron chi connectivity index (χ1n) is 7.77. The Balaban J connectivity index is 1.49. The van der Waals surface area contributed by atoms with Gasteiger partial charge in [-0.15, -0.1) is 0 Å². The largest absolute Gasteiger partial charge is 0.493 e. The number of nitrogens with one attached hydrogen (secondary N) is 1. The second kappa shape index (κ2) is 6.69. The molecule has 1 aromatic carbocycles. The van der Waals surface area contributed by atoms with Crippen LogP contribution in [0, 0.1) is 6.92 Å². The predicted molar refractivity (Wildman–Crippen MR) is 84.1 cm³/mol. The van der Waals surface area contributed by atoms with E-state index in [1.807, 2.05) is 31.2 Å². The van der Waals surface area contributed by atoms with Gasteiger partial charge in [0.15, 0.2) is 0 Å². The van der Waals surface area contributed by atoms with Crippen molar-refractivity contribution in [3.63, 3.8) is 0 Å². The van der Waals surface area contributed by atoms with Gasteiger partial charge in [0.2, 0.25) is 5.91 Å². The highest BCUT2D eigenvalue weighted by Gasteiger charge is 2.12. The highest BCUT2D eigenvalue weighted by Crippen LogP contribution is 2.25. The van der Waals surface area contributed by atoms with Crippen molar-refractivity contribution in [2.24, 2.45) is 0 Å². The van der Waals surface area contributed by atoms with Crippen molar-refractivity contribution >= 4 is 5.91 Å². The molecule has 4 nitrogen and oxygen atoms in total. The number of carbonyl (C=O) groups excluding carboxylic acids is 1. The Bertz CT molecular complexity index is 660. The summed E-state index contributed by atoms with van der Waals surface area (Å²) in [6.45, 7) is 3.31. The Morgan fingerprint density at radius 1 is 1.27 bits per heavy atom. The molecule has 3 rings (SSSR count). The Hall–Kier alpha value is -2.23. The zero-order valence-corrected chi connectivity index (χ0v) is 12.9. The van der Waals surface area contributed by atoms with Gasteiger partial charge in [0.05, 0.1) is 13.0 Å². The van der Waals surface area contributed by atoms with E-state index in [-0.39, 0.29) is 5.91 Å². The molecule has 4 heteroatoms. The monoisotopic (exact) mass is 299 g/mol. The average molecular weight is 299 g/mol. The summed E-state index contributed by atoms with van der Waals surface area (Å²) >= 11 is 0. The number of rotatable bonds is 5. The van der Waals surface area contributed by atoms with E-state index in [9.17, 15) is 4.79 Å². The molecule has 0 saturated heterocycles. The standard InChI is InChI=1S/C18H21NO3/c1-13-4-6-16(22-13)8-9-19-18(20)12-14-5-7-17-15(11-14)3-2-10-21-17/h4-7,11H,2-3,8-10,12H2,1H3,(H,19,20). The highest BCUT2D eigenvalue weighted by molar-refractivity contribution is 5.78. The van der Waals surface area contributed by atoms with Crippen molar-refractivity contribution in [2.45, 2.75) is 32.6 Å². The van der Waals surface area contributed by atoms with Crippen molar-refractivity contribution < 1.29 is 13.9 Å². The number of carbonyl (C=O) groups is 1. The number of hydrogen-bond donors (Lipinski definition) is 1. The molecule has 1 aliphatic rings. The number of hydrogen-bond acceptors (Lipinski definition) is 3. The summed E-state index contributed by atoms with van der Waals surface area (Å²) < 4.78 is 11.1. The Kier molecular flexibility index (Phi) is 4.47. The van der Waals surface area contributed by atoms with Crippen LogP contribution in [0.3, 0.4) is 0 Å². The number of benzene rings is 1. The molecule has 1 amide bonds. The van der Waals surface area contributed by atoms with E-state index in [0.717, 1.165) is 48.7 Å². The molecule has 0 bridgehead atoms. The predicted octanol–water partition coefficient (Wildman–Crippen LogP) is 2.81. The van der Waals surface area contributed by atoms with Crippen LogP contribution in [0.1, 0.15) is 29.1 Å². The topological polar surface area (TPSA) is 51.5 Å². The zero-order chi connectivity index (χ0) is 15.4. The lowest BCUT2D eigenvalue weighted by Gasteiger charge is -2.17. The van der Waals surface area contributed by atoms with Crippen molar-refractivity contribution in [2.75, 3.05) is 13.2 Å². The summed E-state index contributed by atoms with van der Waals surface area (Å²) in [5.41, 5.74) is 2.25. The molecule has 0 atom stereocenters. The second-order valence-corrected chi connectivity index (χ2v) is 5.68. The minimum atomic E-state index is 0.0416. The molecule has 1 N–H and O–H groups in total. The van der Waals surface area contributed by atoms with Crippen LogP contribution >= 0.6 is 0 Å². The lowest BCUT2D eigenvalue weighted by atomic mass is 10.0. The van der Waals surface area contributed by atoms with E-state index in [0.29, 0.717) is 13.0 Å². The van der Waals surface area contributed by atoms with Crippen molar-refractivity contribution in [3.8, 4) is 5.75 Å². The molecule has 2 aromatic rings. The molecular weight excluding hydrogens is 278 g/mol. The summed E-state index contributed by atoms with van der Waals surface area (Å²) in [4.78, 5) is 12.0. The Labute approximate surface area is 130 Å². The third-order valence-electron chi connectivity index (χ3n) is 3.83. The first kappa shape index (κ1) is 14.7. The molecule has 2 heterocycles. The van der Waals surface area contributed by atoms with E-state index < -0.39 is 0 Å². The van der Waals surface area contributed by atoms with E-state index in [2.05, 4.69) is 11.4 Å². The van der Waals surface area contributed by atoms with Gasteiger partial charge in [-0.1, -0.05) is 12.1 Å². The van der Waals surface area contributed by atoms with Gasteiger partial charge < -0.3 is 14.5 Å². The third-order valence-corrected chi connectivity index (χ3v) is 3.83. The number of furan rings is 1. The van der Waals surface area contributed by atoms with Crippen LogP contribution in [0.15, 0.2) is 34.7 Å². The average Bonchev–Trinajstić information content (AvgIpc) is 2.92. The molecule has 0 saturated carbocycles. The minimum Gasteiger partial charge on any atom is -0.493 e. The van der Waals surface area contributed by atoms with Gasteiger partial charge in [-0.05, 0) is 49.1 Å². The smallest absolute Gasteiger partial charge is 0.224 e. The van der Waals surface area contributed by atoms with Gasteiger partial charge in [0.25, 0.3) is 0 Å². The van der Waals surface area contributed by atoms with E-state index in [1.165, 1.54) is 5.56 Å². The number of amides is 1. The summed E-state index contributed by atoms with van der Waals surface area (Å²) in [7, 11) is 0. The van der Waals surface area contributed by atoms with Gasteiger partial charge in [0.1, 0.15) is 17.3 Å². The van der Waals surface area contributed by atoms with Gasteiger partial charge >= 0.3 is 0 Å². The second-order valence-electron chi connectivity index (χ2n) is 5.68. The van der Waals surface area contributed by atoms with Crippen LogP contribution in [0.4, 0.5) is 0 Å². The van der Waals surface area contributed by atoms with Crippen LogP contribution in [-0.2, 0) is 24.1 Å². The number of fused-ring (bicyclic) bond motifs is 1. The van der Waals surface area contributed by atoms with Gasteiger partial charge in [0, 0.05) is 13.0 Å². The van der Waals surface area contributed by atoms with Crippen LogP contribution in [-0.4, -0.2) is 19.1 Å².